The zero-order chi connectivity index (χ0) is 20.8. The molecule has 0 radical (unpaired) electrons. The molecule has 1 aliphatic heterocycles. The molecule has 0 N–H and O–H groups in total. The van der Waals surface area contributed by atoms with E-state index in [1.807, 2.05) is 11.0 Å². The summed E-state index contributed by atoms with van der Waals surface area (Å²) in [5.74, 6) is 0.447. The molecule has 2 aromatic carbocycles. The highest BCUT2D eigenvalue weighted by molar-refractivity contribution is 5.77. The van der Waals surface area contributed by atoms with Crippen LogP contribution in [0.2, 0.25) is 0 Å². The summed E-state index contributed by atoms with van der Waals surface area (Å²) >= 11 is 0. The summed E-state index contributed by atoms with van der Waals surface area (Å²) in [6.45, 7) is 3.13. The zero-order valence-corrected chi connectivity index (χ0v) is 17.3. The van der Waals surface area contributed by atoms with Gasteiger partial charge in [0.05, 0.1) is 0 Å². The van der Waals surface area contributed by atoms with Crippen molar-refractivity contribution in [1.29, 1.82) is 0 Å². The number of carbonyl (C=O) groups is 1. The molecule has 156 valence electrons. The van der Waals surface area contributed by atoms with Crippen molar-refractivity contribution in [2.45, 2.75) is 38.4 Å². The maximum atomic E-state index is 13.2. The van der Waals surface area contributed by atoms with Gasteiger partial charge in [-0.25, -0.2) is 4.39 Å². The van der Waals surface area contributed by atoms with Crippen molar-refractivity contribution in [3.05, 3.63) is 95.8 Å². The van der Waals surface area contributed by atoms with Gasteiger partial charge >= 0.3 is 0 Å². The van der Waals surface area contributed by atoms with Crippen LogP contribution in [0.5, 0.6) is 0 Å². The van der Waals surface area contributed by atoms with Crippen molar-refractivity contribution in [3.63, 3.8) is 0 Å². The van der Waals surface area contributed by atoms with Gasteiger partial charge in [0.15, 0.2) is 0 Å². The summed E-state index contributed by atoms with van der Waals surface area (Å²) in [5, 5.41) is 0. The maximum absolute atomic E-state index is 13.2. The topological polar surface area (TPSA) is 23.6 Å². The van der Waals surface area contributed by atoms with E-state index in [-0.39, 0.29) is 11.7 Å². The van der Waals surface area contributed by atoms with Crippen LogP contribution in [0.1, 0.15) is 30.4 Å². The Morgan fingerprint density at radius 3 is 2.53 bits per heavy atom. The molecule has 2 aliphatic rings. The van der Waals surface area contributed by atoms with Crippen molar-refractivity contribution in [2.75, 3.05) is 13.1 Å². The summed E-state index contributed by atoms with van der Waals surface area (Å²) in [4.78, 5) is 17.1. The Bertz CT molecular complexity index is 891. The number of nitrogens with zero attached hydrogens (tertiary/aromatic N) is 2. The molecule has 2 atom stereocenters. The molecule has 1 amide bonds. The lowest BCUT2D eigenvalue weighted by molar-refractivity contribution is -0.136. The quantitative estimate of drug-likeness (QED) is 0.652. The monoisotopic (exact) mass is 404 g/mol. The number of piperidine rings is 1. The third-order valence-corrected chi connectivity index (χ3v) is 6.05. The third kappa shape index (κ3) is 5.45. The van der Waals surface area contributed by atoms with E-state index < -0.39 is 0 Å². The number of hydrogen-bond acceptors (Lipinski definition) is 2. The summed E-state index contributed by atoms with van der Waals surface area (Å²) in [6, 6.07) is 17.4. The van der Waals surface area contributed by atoms with Crippen LogP contribution in [-0.4, -0.2) is 34.8 Å². The molecule has 1 aliphatic carbocycles. The van der Waals surface area contributed by atoms with Crippen LogP contribution in [0, 0.1) is 11.7 Å². The van der Waals surface area contributed by atoms with Crippen LogP contribution in [-0.2, 0) is 17.9 Å². The van der Waals surface area contributed by atoms with Crippen LogP contribution in [0.25, 0.3) is 0 Å². The number of carbonyl (C=O) groups excluding carboxylic acids is 1. The largest absolute Gasteiger partial charge is 0.337 e. The van der Waals surface area contributed by atoms with E-state index in [9.17, 15) is 9.18 Å². The minimum atomic E-state index is -0.245. The molecule has 1 fully saturated rings. The number of likely N-dealkylation sites (tertiary alicyclic amines) is 1. The van der Waals surface area contributed by atoms with Crippen molar-refractivity contribution in [3.8, 4) is 0 Å². The first-order chi connectivity index (χ1) is 14.7. The number of allylic oxidation sites excluding steroid dienone is 3. The summed E-state index contributed by atoms with van der Waals surface area (Å²) in [7, 11) is 0. The molecule has 0 aromatic heterocycles. The lowest BCUT2D eigenvalue weighted by atomic mass is 9.96. The molecule has 0 spiro atoms. The Morgan fingerprint density at radius 1 is 1.00 bits per heavy atom. The first kappa shape index (κ1) is 20.5. The van der Waals surface area contributed by atoms with Crippen LogP contribution in [0.15, 0.2) is 78.9 Å². The average Bonchev–Trinajstić information content (AvgIpc) is 2.78. The number of amides is 1. The second kappa shape index (κ2) is 9.86. The Balaban J connectivity index is 1.48. The van der Waals surface area contributed by atoms with Crippen LogP contribution < -0.4 is 0 Å². The summed E-state index contributed by atoms with van der Waals surface area (Å²) in [5.41, 5.74) is 2.27. The van der Waals surface area contributed by atoms with E-state index >= 15 is 0 Å². The van der Waals surface area contributed by atoms with Crippen LogP contribution in [0.4, 0.5) is 4.39 Å². The van der Waals surface area contributed by atoms with Gasteiger partial charge in [-0.1, -0.05) is 66.8 Å². The van der Waals surface area contributed by atoms with Gasteiger partial charge in [0.2, 0.25) is 5.91 Å². The highest BCUT2D eigenvalue weighted by Gasteiger charge is 2.30. The molecule has 1 unspecified atom stereocenters. The lowest BCUT2D eigenvalue weighted by Gasteiger charge is -2.40. The fourth-order valence-electron chi connectivity index (χ4n) is 4.39. The van der Waals surface area contributed by atoms with Crippen molar-refractivity contribution in [2.24, 2.45) is 5.92 Å². The van der Waals surface area contributed by atoms with Gasteiger partial charge in [0.25, 0.3) is 0 Å². The first-order valence-electron chi connectivity index (χ1n) is 10.8. The van der Waals surface area contributed by atoms with Crippen LogP contribution in [0.3, 0.4) is 0 Å². The van der Waals surface area contributed by atoms with Crippen molar-refractivity contribution < 1.29 is 9.18 Å². The predicted octanol–water partition coefficient (Wildman–Crippen LogP) is 4.95. The number of hydrogen-bond donors (Lipinski definition) is 0. The molecule has 1 saturated heterocycles. The van der Waals surface area contributed by atoms with Gasteiger partial charge in [0.1, 0.15) is 5.82 Å². The van der Waals surface area contributed by atoms with Gasteiger partial charge in [-0.3, -0.25) is 9.69 Å². The highest BCUT2D eigenvalue weighted by Crippen LogP contribution is 2.24. The molecular weight excluding hydrogens is 375 g/mol. The van der Waals surface area contributed by atoms with Gasteiger partial charge < -0.3 is 4.90 Å². The molecule has 4 rings (SSSR count). The Labute approximate surface area is 178 Å². The van der Waals surface area contributed by atoms with Crippen molar-refractivity contribution >= 4 is 5.91 Å². The zero-order valence-electron chi connectivity index (χ0n) is 17.3. The molecule has 0 bridgehead atoms. The predicted molar refractivity (Wildman–Crippen MR) is 118 cm³/mol. The third-order valence-electron chi connectivity index (χ3n) is 6.05. The number of benzene rings is 2. The number of halogens is 1. The first-order valence-corrected chi connectivity index (χ1v) is 10.8. The molecule has 3 nitrogen and oxygen atoms in total. The van der Waals surface area contributed by atoms with E-state index in [4.69, 9.17) is 0 Å². The van der Waals surface area contributed by atoms with Gasteiger partial charge in [-0.2, -0.15) is 0 Å². The van der Waals surface area contributed by atoms with E-state index in [1.165, 1.54) is 17.7 Å². The summed E-state index contributed by atoms with van der Waals surface area (Å²) < 4.78 is 13.2. The van der Waals surface area contributed by atoms with E-state index in [2.05, 4.69) is 53.5 Å². The van der Waals surface area contributed by atoms with Gasteiger partial charge in [-0.15, -0.1) is 0 Å². The molecule has 1 heterocycles. The second-order valence-corrected chi connectivity index (χ2v) is 8.32. The Hall–Kier alpha value is -2.72. The minimum Gasteiger partial charge on any atom is -0.337 e. The smallest absolute Gasteiger partial charge is 0.222 e. The SMILES string of the molecule is O=C1CC[C@H](N(Cc2ccccc2)CC2C=CC=CC2)CN1Cc1ccc(F)cc1. The van der Waals surface area contributed by atoms with Crippen molar-refractivity contribution in [1.82, 2.24) is 9.80 Å². The molecule has 2 aromatic rings. The number of rotatable bonds is 7. The standard InChI is InChI=1S/C26H29FN2O/c27-24-13-11-23(12-14-24)19-29-20-25(15-16-26(29)30)28(17-21-7-3-1-4-8-21)18-22-9-5-2-6-10-22/h1-9,11-14,22,25H,10,15-20H2/t22?,25-/m0/s1. The molecular formula is C26H29FN2O. The van der Waals surface area contributed by atoms with Gasteiger partial charge in [-0.05, 0) is 42.0 Å². The highest BCUT2D eigenvalue weighted by atomic mass is 19.1. The molecule has 0 saturated carbocycles. The van der Waals surface area contributed by atoms with E-state index in [1.54, 1.807) is 12.1 Å². The van der Waals surface area contributed by atoms with Crippen LogP contribution >= 0.6 is 0 Å². The van der Waals surface area contributed by atoms with E-state index in [0.29, 0.717) is 24.9 Å². The second-order valence-electron chi connectivity index (χ2n) is 8.32. The van der Waals surface area contributed by atoms with Gasteiger partial charge in [0, 0.05) is 38.6 Å². The normalized spacial score (nSPS) is 21.4. The Kier molecular flexibility index (Phi) is 6.75. The molecule has 30 heavy (non-hydrogen) atoms. The summed E-state index contributed by atoms with van der Waals surface area (Å²) in [6.07, 6.45) is 11.3. The Morgan fingerprint density at radius 2 is 1.80 bits per heavy atom. The fourth-order valence-corrected chi connectivity index (χ4v) is 4.39. The van der Waals surface area contributed by atoms with E-state index in [0.717, 1.165) is 38.0 Å². The fraction of sp³-hybridized carbons (Fsp3) is 0.346. The minimum absolute atomic E-state index is 0.190. The average molecular weight is 405 g/mol. The lowest BCUT2D eigenvalue weighted by Crippen LogP contribution is -2.50. The molecule has 4 heteroatoms. The maximum Gasteiger partial charge on any atom is 0.222 e.